The Morgan fingerprint density at radius 2 is 1.96 bits per heavy atom. The van der Waals surface area contributed by atoms with Crippen LogP contribution in [0.1, 0.15) is 12.5 Å². The van der Waals surface area contributed by atoms with Crippen molar-refractivity contribution in [3.63, 3.8) is 0 Å². The topological polar surface area (TPSA) is 70.7 Å². The molecule has 6 nitrogen and oxygen atoms in total. The molecule has 0 atom stereocenters. The molecule has 0 heterocycles. The maximum absolute atomic E-state index is 12.0. The number of nitrogens with zero attached hydrogens (tertiary/aromatic N) is 1. The predicted octanol–water partition coefficient (Wildman–Crippen LogP) is 1.30. The molecule has 0 spiro atoms. The molecule has 0 unspecified atom stereocenters. The van der Waals surface area contributed by atoms with Crippen molar-refractivity contribution in [2.24, 2.45) is 0 Å². The second-order valence-corrected chi connectivity index (χ2v) is 4.98. The van der Waals surface area contributed by atoms with E-state index >= 15 is 0 Å². The summed E-state index contributed by atoms with van der Waals surface area (Å²) in [5, 5.41) is 5.81. The first-order valence-corrected chi connectivity index (χ1v) is 7.39. The van der Waals surface area contributed by atoms with Crippen molar-refractivity contribution in [2.45, 2.75) is 13.3 Å². The maximum atomic E-state index is 12.0. The number of carbonyl (C=O) groups excluding carboxylic acids is 2. The van der Waals surface area contributed by atoms with Crippen molar-refractivity contribution in [1.82, 2.24) is 10.2 Å². The minimum Gasteiger partial charge on any atom is -0.383 e. The van der Waals surface area contributed by atoms with E-state index in [4.69, 9.17) is 4.74 Å². The van der Waals surface area contributed by atoms with Crippen LogP contribution in [0.3, 0.4) is 0 Å². The van der Waals surface area contributed by atoms with E-state index in [9.17, 15) is 9.59 Å². The summed E-state index contributed by atoms with van der Waals surface area (Å²) in [6, 6.07) is 7.66. The fraction of sp³-hybridized carbons (Fsp3) is 0.500. The Morgan fingerprint density at radius 1 is 1.26 bits per heavy atom. The molecule has 0 aliphatic carbocycles. The number of amides is 2. The highest BCUT2D eigenvalue weighted by Crippen LogP contribution is 2.15. The predicted molar refractivity (Wildman–Crippen MR) is 94.1 cm³/mol. The number of para-hydroxylation sites is 1. The van der Waals surface area contributed by atoms with Gasteiger partial charge in [0.25, 0.3) is 0 Å². The van der Waals surface area contributed by atoms with Gasteiger partial charge in [0.15, 0.2) is 0 Å². The molecule has 1 aromatic carbocycles. The monoisotopic (exact) mass is 343 g/mol. The van der Waals surface area contributed by atoms with Crippen molar-refractivity contribution in [1.29, 1.82) is 0 Å². The Hall–Kier alpha value is -1.63. The number of rotatable bonds is 9. The Morgan fingerprint density at radius 3 is 2.61 bits per heavy atom. The van der Waals surface area contributed by atoms with Gasteiger partial charge in [-0.1, -0.05) is 25.1 Å². The number of carbonyl (C=O) groups is 2. The van der Waals surface area contributed by atoms with Crippen molar-refractivity contribution in [3.8, 4) is 0 Å². The zero-order chi connectivity index (χ0) is 16.4. The maximum Gasteiger partial charge on any atom is 0.243 e. The van der Waals surface area contributed by atoms with E-state index in [0.29, 0.717) is 13.2 Å². The lowest BCUT2D eigenvalue weighted by Gasteiger charge is -2.18. The summed E-state index contributed by atoms with van der Waals surface area (Å²) in [5.74, 6) is -0.330. The van der Waals surface area contributed by atoms with Crippen molar-refractivity contribution in [2.75, 3.05) is 45.7 Å². The molecule has 130 valence electrons. The molecule has 0 fully saturated rings. The summed E-state index contributed by atoms with van der Waals surface area (Å²) < 4.78 is 4.89. The molecule has 0 radical (unpaired) electrons. The lowest BCUT2D eigenvalue weighted by molar-refractivity contribution is -0.132. The minimum atomic E-state index is -0.200. The van der Waals surface area contributed by atoms with Gasteiger partial charge in [0.05, 0.1) is 19.7 Å². The molecule has 23 heavy (non-hydrogen) atoms. The second kappa shape index (κ2) is 11.9. The second-order valence-electron chi connectivity index (χ2n) is 4.98. The molecular weight excluding hydrogens is 318 g/mol. The third-order valence-corrected chi connectivity index (χ3v) is 3.24. The molecule has 2 amide bonds. The van der Waals surface area contributed by atoms with Crippen LogP contribution in [0.25, 0.3) is 0 Å². The van der Waals surface area contributed by atoms with Gasteiger partial charge in [0.1, 0.15) is 0 Å². The smallest absolute Gasteiger partial charge is 0.243 e. The normalized spacial score (nSPS) is 9.87. The third-order valence-electron chi connectivity index (χ3n) is 3.24. The van der Waals surface area contributed by atoms with Crippen LogP contribution in [0.2, 0.25) is 0 Å². The third kappa shape index (κ3) is 7.97. The van der Waals surface area contributed by atoms with E-state index in [-0.39, 0.29) is 37.3 Å². The van der Waals surface area contributed by atoms with Gasteiger partial charge in [0, 0.05) is 26.4 Å². The van der Waals surface area contributed by atoms with Crippen LogP contribution in [0.5, 0.6) is 0 Å². The molecule has 1 rings (SSSR count). The number of aryl methyl sites for hydroxylation is 1. The Bertz CT molecular complexity index is 497. The van der Waals surface area contributed by atoms with Crippen LogP contribution < -0.4 is 10.6 Å². The average molecular weight is 344 g/mol. The highest BCUT2D eigenvalue weighted by atomic mass is 35.5. The molecular formula is C16H26ClN3O3. The van der Waals surface area contributed by atoms with Crippen molar-refractivity contribution in [3.05, 3.63) is 29.8 Å². The Balaban J connectivity index is 0.00000484. The van der Waals surface area contributed by atoms with E-state index in [0.717, 1.165) is 17.7 Å². The zero-order valence-corrected chi connectivity index (χ0v) is 14.7. The van der Waals surface area contributed by atoms with Crippen LogP contribution in [0.15, 0.2) is 24.3 Å². The molecule has 2 N–H and O–H groups in total. The quantitative estimate of drug-likeness (QED) is 0.663. The van der Waals surface area contributed by atoms with Crippen LogP contribution in [-0.2, 0) is 20.7 Å². The number of halogens is 1. The lowest BCUT2D eigenvalue weighted by Crippen LogP contribution is -2.40. The molecule has 0 bridgehead atoms. The fourth-order valence-electron chi connectivity index (χ4n) is 1.95. The number of hydrogen-bond donors (Lipinski definition) is 2. The Labute approximate surface area is 144 Å². The van der Waals surface area contributed by atoms with Gasteiger partial charge in [-0.3, -0.25) is 9.59 Å². The van der Waals surface area contributed by atoms with Crippen LogP contribution in [0.4, 0.5) is 5.69 Å². The molecule has 0 aliphatic rings. The standard InChI is InChI=1S/C16H25N3O3.ClH/c1-4-13-7-5-6-8-14(13)18-15(20)12-19(2)16(21)11-17-9-10-22-3;/h5-8,17H,4,9-12H2,1-3H3,(H,18,20);1H. The van der Waals surface area contributed by atoms with Gasteiger partial charge < -0.3 is 20.3 Å². The fourth-order valence-corrected chi connectivity index (χ4v) is 1.95. The number of methoxy groups -OCH3 is 1. The van der Waals surface area contributed by atoms with E-state index in [2.05, 4.69) is 10.6 Å². The number of likely N-dealkylation sites (N-methyl/N-ethyl adjacent to an activating group) is 1. The molecule has 0 saturated carbocycles. The molecule has 0 aromatic heterocycles. The lowest BCUT2D eigenvalue weighted by atomic mass is 10.1. The molecule has 7 heteroatoms. The summed E-state index contributed by atoms with van der Waals surface area (Å²) in [6.07, 6.45) is 0.842. The minimum absolute atomic E-state index is 0. The number of nitrogens with one attached hydrogen (secondary N) is 2. The highest BCUT2D eigenvalue weighted by Gasteiger charge is 2.13. The van der Waals surface area contributed by atoms with Gasteiger partial charge in [-0.05, 0) is 18.1 Å². The number of benzene rings is 1. The Kier molecular flexibility index (Phi) is 11.0. The van der Waals surface area contributed by atoms with Crippen LogP contribution in [0, 0.1) is 0 Å². The van der Waals surface area contributed by atoms with E-state index < -0.39 is 0 Å². The first-order chi connectivity index (χ1) is 10.6. The van der Waals surface area contributed by atoms with Crippen LogP contribution >= 0.6 is 12.4 Å². The molecule has 0 aliphatic heterocycles. The van der Waals surface area contributed by atoms with Crippen molar-refractivity contribution >= 4 is 29.9 Å². The van der Waals surface area contributed by atoms with E-state index in [1.54, 1.807) is 14.2 Å². The average Bonchev–Trinajstić information content (AvgIpc) is 2.51. The highest BCUT2D eigenvalue weighted by molar-refractivity contribution is 5.95. The SMILES string of the molecule is CCc1ccccc1NC(=O)CN(C)C(=O)CNCCOC.Cl. The van der Waals surface area contributed by atoms with Gasteiger partial charge in [-0.2, -0.15) is 0 Å². The van der Waals surface area contributed by atoms with Gasteiger partial charge in [-0.25, -0.2) is 0 Å². The largest absolute Gasteiger partial charge is 0.383 e. The van der Waals surface area contributed by atoms with Crippen LogP contribution in [-0.4, -0.2) is 57.1 Å². The van der Waals surface area contributed by atoms with E-state index in [1.807, 2.05) is 31.2 Å². The zero-order valence-electron chi connectivity index (χ0n) is 13.9. The first-order valence-electron chi connectivity index (χ1n) is 7.39. The number of ether oxygens (including phenoxy) is 1. The molecule has 0 saturated heterocycles. The summed E-state index contributed by atoms with van der Waals surface area (Å²) in [5.41, 5.74) is 1.88. The summed E-state index contributed by atoms with van der Waals surface area (Å²) in [7, 11) is 3.22. The first kappa shape index (κ1) is 21.4. The summed E-state index contributed by atoms with van der Waals surface area (Å²) >= 11 is 0. The molecule has 1 aromatic rings. The van der Waals surface area contributed by atoms with Gasteiger partial charge in [-0.15, -0.1) is 12.4 Å². The van der Waals surface area contributed by atoms with Gasteiger partial charge >= 0.3 is 0 Å². The van der Waals surface area contributed by atoms with Gasteiger partial charge in [0.2, 0.25) is 11.8 Å². The van der Waals surface area contributed by atoms with E-state index in [1.165, 1.54) is 4.90 Å². The summed E-state index contributed by atoms with van der Waals surface area (Å²) in [4.78, 5) is 25.3. The van der Waals surface area contributed by atoms with Crippen molar-refractivity contribution < 1.29 is 14.3 Å². The number of hydrogen-bond acceptors (Lipinski definition) is 4. The number of anilines is 1. The summed E-state index contributed by atoms with van der Waals surface area (Å²) in [6.45, 7) is 3.41.